The minimum absolute atomic E-state index is 0.0160. The first-order valence-electron chi connectivity index (χ1n) is 24.4. The van der Waals surface area contributed by atoms with E-state index in [1.807, 2.05) is 65.0 Å². The maximum absolute atomic E-state index is 14.0. The van der Waals surface area contributed by atoms with Crippen molar-refractivity contribution in [1.29, 1.82) is 0 Å². The van der Waals surface area contributed by atoms with Gasteiger partial charge in [-0.05, 0) is 120 Å². The first-order valence-corrected chi connectivity index (χ1v) is 26.1. The Balaban J connectivity index is 0.781. The summed E-state index contributed by atoms with van der Waals surface area (Å²) in [7, 11) is 0. The zero-order valence-corrected chi connectivity index (χ0v) is 44.1. The molecule has 390 valence electrons. The third kappa shape index (κ3) is 16.6. The van der Waals surface area contributed by atoms with Crippen molar-refractivity contribution in [2.24, 2.45) is 5.41 Å². The molecule has 73 heavy (non-hydrogen) atoms. The molecule has 0 radical (unpaired) electrons. The summed E-state index contributed by atoms with van der Waals surface area (Å²) in [6.45, 7) is 20.8. The molecule has 4 amide bonds. The number of aliphatic hydroxyl groups excluding tert-OH is 1. The van der Waals surface area contributed by atoms with Crippen molar-refractivity contribution < 1.29 is 57.5 Å². The Kier molecular flexibility index (Phi) is 21.3. The number of aliphatic hydroxyl groups is 1. The molecule has 4 aromatic rings. The van der Waals surface area contributed by atoms with Gasteiger partial charge in [0.15, 0.2) is 11.5 Å². The Morgan fingerprint density at radius 2 is 1.44 bits per heavy atom. The number of amides is 4. The summed E-state index contributed by atoms with van der Waals surface area (Å²) in [4.78, 5) is 73.7. The van der Waals surface area contributed by atoms with E-state index in [-0.39, 0.29) is 75.9 Å². The fourth-order valence-corrected chi connectivity index (χ4v) is 9.96. The second-order valence-corrected chi connectivity index (χ2v) is 20.8. The Labute approximate surface area is 436 Å². The average molecular weight is 1040 g/mol. The number of hydrogen-bond acceptors (Lipinski definition) is 14. The van der Waals surface area contributed by atoms with E-state index < -0.39 is 35.4 Å². The molecule has 0 bridgehead atoms. The van der Waals surface area contributed by atoms with E-state index >= 15 is 0 Å². The van der Waals surface area contributed by atoms with Gasteiger partial charge in [0.25, 0.3) is 11.1 Å². The van der Waals surface area contributed by atoms with Crippen LogP contribution in [0.15, 0.2) is 77.0 Å². The minimum Gasteiger partial charge on any atom is -0.457 e. The van der Waals surface area contributed by atoms with E-state index in [2.05, 4.69) is 40.7 Å². The summed E-state index contributed by atoms with van der Waals surface area (Å²) >= 11 is 2.58. The molecule has 2 N–H and O–H groups in total. The monoisotopic (exact) mass is 1040 g/mol. The molecule has 18 heteroatoms. The van der Waals surface area contributed by atoms with Crippen LogP contribution >= 0.6 is 23.1 Å². The lowest BCUT2D eigenvalue weighted by Crippen LogP contribution is -2.57. The highest BCUT2D eigenvalue weighted by Gasteiger charge is 2.44. The zero-order valence-electron chi connectivity index (χ0n) is 42.4. The summed E-state index contributed by atoms with van der Waals surface area (Å²) in [6, 6.07) is 19.3. The smallest absolute Gasteiger partial charge is 0.293 e. The molecule has 16 nitrogen and oxygen atoms in total. The molecule has 2 aliphatic rings. The Bertz CT molecular complexity index is 2620. The second-order valence-electron chi connectivity index (χ2n) is 18.9. The van der Waals surface area contributed by atoms with E-state index in [0.717, 1.165) is 39.6 Å². The zero-order chi connectivity index (χ0) is 52.5. The number of aryl methyl sites for hydroxylation is 4. The number of rotatable bonds is 27. The summed E-state index contributed by atoms with van der Waals surface area (Å²) < 4.78 is 33.8. The molecule has 3 aromatic carbocycles. The van der Waals surface area contributed by atoms with Gasteiger partial charge in [-0.15, -0.1) is 11.3 Å². The molecular formula is C55H66N4O12S2. The van der Waals surface area contributed by atoms with Gasteiger partial charge in [-0.25, -0.2) is 4.85 Å². The molecule has 2 fully saturated rings. The van der Waals surface area contributed by atoms with Crippen molar-refractivity contribution in [2.75, 3.05) is 79.2 Å². The highest BCUT2D eigenvalue weighted by Crippen LogP contribution is 2.35. The van der Waals surface area contributed by atoms with Crippen LogP contribution in [0, 0.1) is 32.8 Å². The maximum atomic E-state index is 14.0. The third-order valence-corrected chi connectivity index (χ3v) is 14.1. The van der Waals surface area contributed by atoms with Crippen LogP contribution in [0.5, 0.6) is 11.5 Å². The predicted molar refractivity (Wildman–Crippen MR) is 281 cm³/mol. The number of ether oxygens (including phenoxy) is 6. The number of benzene rings is 3. The fourth-order valence-electron chi connectivity index (χ4n) is 8.16. The molecule has 0 spiro atoms. The molecule has 6 rings (SSSR count). The number of nitrogens with zero attached hydrogens (tertiary/aromatic N) is 3. The SMILES string of the molecule is [C-]#[N+]c1ccc(Oc2ccc(/C=C3\SC(=O)N(CCOCCOCCOCCOCCOCC(=O)N[C@H](C(=O)N4C[C@H](O)CC4C(=O)CCc4ccc(-c5sccc5C)cc4)C(C)(C)C)C3=O)cc2C)c(C)c1. The molecule has 2 saturated heterocycles. The molecule has 3 atom stereocenters. The highest BCUT2D eigenvalue weighted by atomic mass is 32.2. The number of likely N-dealkylation sites (tertiary alicyclic amines) is 1. The number of carbonyl (C=O) groups is 5. The summed E-state index contributed by atoms with van der Waals surface area (Å²) in [5, 5.41) is 15.1. The lowest BCUT2D eigenvalue weighted by Gasteiger charge is -2.35. The van der Waals surface area contributed by atoms with E-state index in [4.69, 9.17) is 35.0 Å². The quantitative estimate of drug-likeness (QED) is 0.0330. The van der Waals surface area contributed by atoms with Crippen molar-refractivity contribution in [3.05, 3.63) is 116 Å². The van der Waals surface area contributed by atoms with Crippen molar-refractivity contribution in [3.8, 4) is 21.9 Å². The van der Waals surface area contributed by atoms with E-state index in [0.29, 0.717) is 61.5 Å². The van der Waals surface area contributed by atoms with Crippen molar-refractivity contribution in [2.45, 2.75) is 79.0 Å². The van der Waals surface area contributed by atoms with Crippen molar-refractivity contribution >= 4 is 63.6 Å². The standard InChI is InChI=1S/C55H66N4O12S2/c1-36-18-29-72-50(36)41-12-8-39(9-13-41)10-15-45(61)44-33-43(60)34-59(44)53(64)51(55(4,5)6)57-49(62)35-70-28-27-69-26-25-68-24-23-67-22-21-66-20-19-58-52(63)48(73-54(58)65)32-40-11-16-46(37(2)30-40)71-47-17-14-42(56-7)31-38(47)3/h8-9,11-14,16-18,29-32,43-44,51,60H,10,15,19-28,33-35H2,1-6H3,(H,57,62)/b48-32-/t43-,44?,51-/m1/s1. The predicted octanol–water partition coefficient (Wildman–Crippen LogP) is 8.50. The van der Waals surface area contributed by atoms with Crippen molar-refractivity contribution in [3.63, 3.8) is 0 Å². The lowest BCUT2D eigenvalue weighted by atomic mass is 9.85. The van der Waals surface area contributed by atoms with E-state index in [9.17, 15) is 29.1 Å². The summed E-state index contributed by atoms with van der Waals surface area (Å²) in [6.07, 6.45) is 1.74. The van der Waals surface area contributed by atoms with Crippen molar-refractivity contribution in [1.82, 2.24) is 15.1 Å². The van der Waals surface area contributed by atoms with Gasteiger partial charge in [0.05, 0.1) is 89.6 Å². The number of β-amino-alcohol motifs (C(OH)–C–C–N with tert-alkyl or cyclic N) is 1. The highest BCUT2D eigenvalue weighted by molar-refractivity contribution is 8.18. The fraction of sp³-hybridized carbons (Fsp3) is 0.455. The first kappa shape index (κ1) is 56.5. The average Bonchev–Trinajstić information content (AvgIpc) is 4.05. The lowest BCUT2D eigenvalue weighted by molar-refractivity contribution is -0.144. The van der Waals surface area contributed by atoms with Crippen LogP contribution in [-0.4, -0.2) is 141 Å². The molecule has 3 heterocycles. The number of nitrogens with one attached hydrogen (secondary N) is 1. The minimum atomic E-state index is -0.949. The number of thioether (sulfide) groups is 1. The van der Waals surface area contributed by atoms with Gasteiger partial charge in [-0.1, -0.05) is 57.2 Å². The van der Waals surface area contributed by atoms with Crippen LogP contribution in [0.25, 0.3) is 21.4 Å². The van der Waals surface area contributed by atoms with E-state index in [1.165, 1.54) is 20.2 Å². The first-order chi connectivity index (χ1) is 35.0. The summed E-state index contributed by atoms with van der Waals surface area (Å²) in [5.74, 6) is -0.0988. The molecule has 1 unspecified atom stereocenters. The van der Waals surface area contributed by atoms with Crippen LogP contribution in [0.2, 0.25) is 0 Å². The summed E-state index contributed by atoms with van der Waals surface area (Å²) in [5.41, 5.74) is 5.67. The Morgan fingerprint density at radius 3 is 2.03 bits per heavy atom. The number of thiophene rings is 1. The Morgan fingerprint density at radius 1 is 0.822 bits per heavy atom. The number of carbonyl (C=O) groups excluding carboxylic acids is 5. The normalized spacial score (nSPS) is 16.8. The molecule has 0 saturated carbocycles. The van der Waals surface area contributed by atoms with Gasteiger partial charge < -0.3 is 43.7 Å². The molecule has 2 aliphatic heterocycles. The van der Waals surface area contributed by atoms with Crippen LogP contribution < -0.4 is 10.1 Å². The van der Waals surface area contributed by atoms with Gasteiger partial charge in [-0.3, -0.25) is 28.9 Å². The molecule has 0 aliphatic carbocycles. The molecular weight excluding hydrogens is 973 g/mol. The number of Topliss-reactive ketones (excluding diaryl/α,β-unsaturated/α-hetero) is 1. The second kappa shape index (κ2) is 27.5. The Hall–Kier alpha value is -5.75. The molecule has 1 aromatic heterocycles. The van der Waals surface area contributed by atoms with E-state index in [1.54, 1.807) is 35.6 Å². The largest absolute Gasteiger partial charge is 0.457 e. The number of hydrogen-bond donors (Lipinski definition) is 2. The third-order valence-electron chi connectivity index (χ3n) is 12.1. The van der Waals surface area contributed by atoms with Crippen LogP contribution in [-0.2, 0) is 49.3 Å². The number of ketones is 1. The maximum Gasteiger partial charge on any atom is 0.293 e. The van der Waals surface area contributed by atoms with Gasteiger partial charge >= 0.3 is 0 Å². The topological polar surface area (TPSA) is 184 Å². The van der Waals surface area contributed by atoms with Gasteiger partial charge in [0.1, 0.15) is 24.1 Å². The van der Waals surface area contributed by atoms with Crippen LogP contribution in [0.3, 0.4) is 0 Å². The number of imide groups is 1. The van der Waals surface area contributed by atoms with Crippen LogP contribution in [0.1, 0.15) is 61.4 Å². The van der Waals surface area contributed by atoms with Gasteiger partial charge in [0.2, 0.25) is 11.8 Å². The van der Waals surface area contributed by atoms with Gasteiger partial charge in [-0.2, -0.15) is 0 Å². The van der Waals surface area contributed by atoms with Gasteiger partial charge in [0, 0.05) is 24.3 Å². The van der Waals surface area contributed by atoms with Crippen LogP contribution in [0.4, 0.5) is 10.5 Å².